The molecule has 0 aromatic carbocycles. The van der Waals surface area contributed by atoms with Gasteiger partial charge in [0.25, 0.3) is 0 Å². The molecule has 6 heterocycles. The quantitative estimate of drug-likeness (QED) is 0.0129. The Morgan fingerprint density at radius 1 is 0.531 bits per heavy atom. The Balaban J connectivity index is -0.00000110. The third-order valence-corrected chi connectivity index (χ3v) is 19.2. The first-order valence-electron chi connectivity index (χ1n) is 32.6. The van der Waals surface area contributed by atoms with Gasteiger partial charge < -0.3 is 89.7 Å². The van der Waals surface area contributed by atoms with Crippen LogP contribution < -0.4 is 35.3 Å². The van der Waals surface area contributed by atoms with Crippen molar-refractivity contribution in [1.82, 2.24) is 0 Å². The van der Waals surface area contributed by atoms with E-state index in [4.69, 9.17) is 91.9 Å². The van der Waals surface area contributed by atoms with Crippen LogP contribution in [0.3, 0.4) is 0 Å². The van der Waals surface area contributed by atoms with Gasteiger partial charge in [0.2, 0.25) is 5.24 Å². The van der Waals surface area contributed by atoms with Gasteiger partial charge >= 0.3 is 71.3 Å². The van der Waals surface area contributed by atoms with Gasteiger partial charge in [0.1, 0.15) is 62.4 Å². The summed E-state index contributed by atoms with van der Waals surface area (Å²) >= 11 is 10.7. The van der Waals surface area contributed by atoms with Crippen molar-refractivity contribution < 1.29 is 146 Å². The van der Waals surface area contributed by atoms with Gasteiger partial charge in [0.15, 0.2) is 6.29 Å². The smallest absolute Gasteiger partial charge is 0.481 e. The van der Waals surface area contributed by atoms with Gasteiger partial charge in [-0.25, -0.2) is 0 Å². The van der Waals surface area contributed by atoms with Crippen molar-refractivity contribution in [3.05, 3.63) is 26.4 Å². The van der Waals surface area contributed by atoms with Gasteiger partial charge in [-0.05, 0) is 101 Å². The molecule has 0 bridgehead atoms. The Morgan fingerprint density at radius 2 is 0.898 bits per heavy atom. The largest absolute Gasteiger partial charge is 1.00 e. The molecule has 0 spiro atoms. The molecule has 25 unspecified atom stereocenters. The van der Waals surface area contributed by atoms with Gasteiger partial charge in [-0.15, -0.1) is 0 Å². The van der Waals surface area contributed by atoms with Crippen LogP contribution in [-0.2, 0) is 90.5 Å². The molecule has 34 heteroatoms. The molecule has 98 heavy (non-hydrogen) atoms. The molecule has 0 aliphatic carbocycles. The fourth-order valence-electron chi connectivity index (χ4n) is 10.8. The van der Waals surface area contributed by atoms with Crippen LogP contribution in [0.15, 0.2) is 5.11 Å². The standard InChI is InChI=1S/C17H28O6.C11H19ClO3.C11H19N3O3.C11H21NO3.C7H14O5.C5H6O3.C2H3ClO.N3.Na/c1-10-11(2)15(8-14(19)6-5-7-17(20)21)23-16(12(10)3)9-22-13(4)18;1-6-7(2)10(5-14-9(4)13)15-11(12)8(6)3;1-6-7(2)10(5-16-9(4)15)17-11(8(6)3)13-14-12;1-6-7(2)10(5-14-9(4)13)15-11(12)8(6)3;1-3-5(9)6(10)4(2-8)12-7(3)11;6-4-2-1-3-5(7)8-4;1-2(3)4;1-3-2;/h10-12,15-16H,5-9H2,1-4H3,(H,20,21);6-8,10-11H,5H2,1-4H3;6-8,10-11H,5H2,1-4H3;6-8,10-11H,5,12H2,1-4H3;3-11H,2H2,1H3;1-3H2;1H3;;/q;;;;;;;-1;+1. The molecule has 6 aliphatic heterocycles. The van der Waals surface area contributed by atoms with E-state index >= 15 is 0 Å². The number of ether oxygens (including phenoxy) is 10. The minimum Gasteiger partial charge on any atom is -0.481 e. The Morgan fingerprint density at radius 3 is 1.28 bits per heavy atom. The fraction of sp³-hybridized carbons (Fsp3) is 0.859. The third kappa shape index (κ3) is 38.1. The summed E-state index contributed by atoms with van der Waals surface area (Å²) in [6.45, 7) is 34.1. The number of ketones is 1. The van der Waals surface area contributed by atoms with E-state index < -0.39 is 49.3 Å². The van der Waals surface area contributed by atoms with E-state index in [-0.39, 0.29) is 175 Å². The number of rotatable bonds is 16. The third-order valence-electron chi connectivity index (χ3n) is 18.7. The average molecular weight is 1460 g/mol. The molecule has 6 saturated heterocycles. The number of aliphatic carboxylic acids is 1. The zero-order valence-corrected chi connectivity index (χ0v) is 63.9. The Kier molecular flexibility index (Phi) is 51.6. The first kappa shape index (κ1) is 97.8. The number of alkyl halides is 1. The summed E-state index contributed by atoms with van der Waals surface area (Å²) in [5.41, 5.74) is 27.6. The summed E-state index contributed by atoms with van der Waals surface area (Å²) in [6.07, 6.45) is -3.36. The zero-order valence-electron chi connectivity index (χ0n) is 60.4. The Bertz CT molecular complexity index is 2440. The number of cyclic esters (lactones) is 2. The first-order valence-corrected chi connectivity index (χ1v) is 33.4. The monoisotopic (exact) mass is 1450 g/mol. The molecule has 0 amide bonds. The second kappa shape index (κ2) is 51.7. The SMILES string of the molecule is CC(=O)Cl.CC(=O)OCC1OC(CC(=O)CCCC(=O)O)C(C)C(C)C1C.CC(=O)OCC1OC(Cl)C(C)C(C)C1C.CC(=O)OCC1OC(N)C(C)C(C)C1C.CC(=O)OCC1OC(N=[N+]=[N-])C(C)C(C)C1C.CC1C(O)OC(CO)C(O)C1O.O=C1CCCC(=O)O1.[N-]=[N+]=[N-].[Na+]. The van der Waals surface area contributed by atoms with Gasteiger partial charge in [-0.2, -0.15) is 0 Å². The van der Waals surface area contributed by atoms with Crippen molar-refractivity contribution >= 4 is 76.0 Å². The molecule has 6 rings (SSSR count). The van der Waals surface area contributed by atoms with Crippen molar-refractivity contribution in [1.29, 1.82) is 0 Å². The van der Waals surface area contributed by atoms with Crippen LogP contribution in [0.2, 0.25) is 0 Å². The number of carbonyl (C=O) groups excluding carboxylic acids is 8. The maximum absolute atomic E-state index is 12.0. The van der Waals surface area contributed by atoms with Crippen molar-refractivity contribution in [2.24, 2.45) is 87.8 Å². The molecule has 0 aromatic rings. The maximum Gasteiger partial charge on any atom is 1.00 e. The summed E-state index contributed by atoms with van der Waals surface area (Å²) in [7, 11) is 0. The van der Waals surface area contributed by atoms with Crippen LogP contribution in [0, 0.1) is 76.9 Å². The van der Waals surface area contributed by atoms with E-state index in [1.165, 1.54) is 39.5 Å². The second-order valence-electron chi connectivity index (χ2n) is 25.5. The number of esters is 6. The predicted molar refractivity (Wildman–Crippen MR) is 352 cm³/mol. The van der Waals surface area contributed by atoms with Crippen molar-refractivity contribution in [2.45, 2.75) is 243 Å². The normalized spacial score (nSPS) is 34.3. The van der Waals surface area contributed by atoms with Crippen molar-refractivity contribution in [3.63, 3.8) is 0 Å². The number of hydrogen-bond acceptors (Lipinski definition) is 25. The number of hydrogen-bond donors (Lipinski definition) is 6. The number of carbonyl (C=O) groups is 9. The van der Waals surface area contributed by atoms with Gasteiger partial charge in [0, 0.05) is 77.6 Å². The van der Waals surface area contributed by atoms with Crippen LogP contribution in [-0.4, -0.2) is 185 Å². The van der Waals surface area contributed by atoms with Crippen molar-refractivity contribution in [3.8, 4) is 0 Å². The molecule has 6 aliphatic rings. The molecule has 25 atom stereocenters. The summed E-state index contributed by atoms with van der Waals surface area (Å²) < 4.78 is 51.9. The molecule has 0 saturated carbocycles. The van der Waals surface area contributed by atoms with Crippen LogP contribution in [0.1, 0.15) is 170 Å². The van der Waals surface area contributed by atoms with E-state index in [0.717, 1.165) is 0 Å². The van der Waals surface area contributed by atoms with Gasteiger partial charge in [-0.3, -0.25) is 48.1 Å². The number of azide groups is 1. The molecule has 0 radical (unpaired) electrons. The van der Waals surface area contributed by atoms with E-state index in [2.05, 4.69) is 103 Å². The number of halogens is 2. The number of carboxylic acid groups (broad SMARTS) is 1. The van der Waals surface area contributed by atoms with E-state index in [1.807, 2.05) is 6.92 Å². The van der Waals surface area contributed by atoms with Crippen LogP contribution in [0.4, 0.5) is 0 Å². The van der Waals surface area contributed by atoms with Gasteiger partial charge in [0.05, 0.1) is 43.2 Å². The number of aliphatic hydroxyl groups excluding tert-OH is 4. The maximum atomic E-state index is 12.0. The number of aliphatic hydroxyl groups is 4. The molecular weight excluding hydrogens is 1340 g/mol. The molecule has 0 aromatic heterocycles. The first-order chi connectivity index (χ1) is 45.1. The summed E-state index contributed by atoms with van der Waals surface area (Å²) in [5, 5.41) is 48.3. The molecule has 6 fully saturated rings. The van der Waals surface area contributed by atoms with E-state index in [9.17, 15) is 53.4 Å². The van der Waals surface area contributed by atoms with Gasteiger partial charge in [-0.1, -0.05) is 107 Å². The summed E-state index contributed by atoms with van der Waals surface area (Å²) in [5.74, 6) is 0.531. The zero-order chi connectivity index (χ0) is 75.3. The van der Waals surface area contributed by atoms with Crippen molar-refractivity contribution in [2.75, 3.05) is 33.0 Å². The summed E-state index contributed by atoms with van der Waals surface area (Å²) in [4.78, 5) is 99.7. The van der Waals surface area contributed by atoms with Crippen LogP contribution in [0.25, 0.3) is 26.4 Å². The topological polar surface area (TPSA) is 481 Å². The molecular formula is C64H110Cl2N7NaO24. The number of nitrogens with zero attached hydrogens (tertiary/aromatic N) is 6. The minimum absolute atomic E-state index is 0. The molecule has 7 N–H and O–H groups in total. The number of carboxylic acids is 1. The predicted octanol–water partition coefficient (Wildman–Crippen LogP) is 5.43. The van der Waals surface area contributed by atoms with Crippen LogP contribution >= 0.6 is 23.2 Å². The minimum atomic E-state index is -1.13. The molecule has 31 nitrogen and oxygen atoms in total. The Hall–Kier alpha value is -4.37. The number of Topliss-reactive ketones (excluding diaryl/α,β-unsaturated/α-hetero) is 1. The van der Waals surface area contributed by atoms with E-state index in [0.29, 0.717) is 86.2 Å². The molecule has 560 valence electrons. The van der Waals surface area contributed by atoms with Crippen LogP contribution in [0.5, 0.6) is 0 Å². The Labute approximate surface area is 608 Å². The van der Waals surface area contributed by atoms with E-state index in [1.54, 1.807) is 6.92 Å². The summed E-state index contributed by atoms with van der Waals surface area (Å²) in [6, 6.07) is 0. The number of nitrogens with two attached hydrogens (primary N) is 1. The fourth-order valence-corrected chi connectivity index (χ4v) is 11.1. The average Bonchev–Trinajstić information content (AvgIpc) is 0.865. The second-order valence-corrected chi connectivity index (χ2v) is 26.5.